The summed E-state index contributed by atoms with van der Waals surface area (Å²) < 4.78 is 1.81. The Labute approximate surface area is 163 Å². The van der Waals surface area contributed by atoms with Crippen molar-refractivity contribution in [3.8, 4) is 5.69 Å². The zero-order valence-electron chi connectivity index (χ0n) is 15.5. The molecule has 2 fully saturated rings. The van der Waals surface area contributed by atoms with Gasteiger partial charge in [-0.05, 0) is 50.3 Å². The number of hydrogen-bond donors (Lipinski definition) is 1. The van der Waals surface area contributed by atoms with Gasteiger partial charge in [-0.2, -0.15) is 5.10 Å². The maximum absolute atomic E-state index is 13.0. The van der Waals surface area contributed by atoms with Gasteiger partial charge in [-0.25, -0.2) is 4.68 Å². The topological polar surface area (TPSA) is 67.2 Å². The third-order valence-corrected chi connectivity index (χ3v) is 5.48. The molecule has 1 aromatic carbocycles. The van der Waals surface area contributed by atoms with Crippen LogP contribution in [0.3, 0.4) is 0 Å². The molecule has 6 nitrogen and oxygen atoms in total. The van der Waals surface area contributed by atoms with Crippen molar-refractivity contribution in [2.75, 3.05) is 13.6 Å². The first-order chi connectivity index (χ1) is 12.9. The number of hydrogen-bond acceptors (Lipinski definition) is 3. The highest BCUT2D eigenvalue weighted by Crippen LogP contribution is 2.43. The molecule has 2 aliphatic rings. The Morgan fingerprint density at radius 2 is 2.04 bits per heavy atom. The fourth-order valence-corrected chi connectivity index (χ4v) is 3.36. The van der Waals surface area contributed by atoms with Crippen molar-refractivity contribution in [2.45, 2.75) is 44.6 Å². The smallest absolute Gasteiger partial charge is 0.257 e. The van der Waals surface area contributed by atoms with E-state index in [1.807, 2.05) is 29.8 Å². The van der Waals surface area contributed by atoms with Gasteiger partial charge < -0.3 is 10.2 Å². The lowest BCUT2D eigenvalue weighted by Gasteiger charge is -2.17. The Morgan fingerprint density at radius 1 is 1.30 bits per heavy atom. The van der Waals surface area contributed by atoms with Gasteiger partial charge in [0.1, 0.15) is 0 Å². The Kier molecular flexibility index (Phi) is 4.68. The average Bonchev–Trinajstić information content (AvgIpc) is 3.56. The number of halogens is 1. The monoisotopic (exact) mass is 386 g/mol. The molecular weight excluding hydrogens is 364 g/mol. The first-order valence-corrected chi connectivity index (χ1v) is 9.71. The number of nitrogens with zero attached hydrogens (tertiary/aromatic N) is 3. The van der Waals surface area contributed by atoms with E-state index in [0.717, 1.165) is 42.6 Å². The molecule has 0 atom stereocenters. The van der Waals surface area contributed by atoms with Crippen LogP contribution in [0.1, 0.15) is 53.2 Å². The van der Waals surface area contributed by atoms with E-state index in [2.05, 4.69) is 10.4 Å². The minimum absolute atomic E-state index is 0.0565. The molecule has 0 spiro atoms. The molecular formula is C20H23ClN4O2. The van der Waals surface area contributed by atoms with Crippen LogP contribution in [-0.4, -0.2) is 46.1 Å². The SMILES string of the molecule is Cc1ccc(-n2ncc(C(=O)N(C)CC(=O)NC3CC3)c2C2CC2)cc1Cl. The van der Waals surface area contributed by atoms with Crippen LogP contribution in [0.4, 0.5) is 0 Å². The number of amides is 2. The standard InChI is InChI=1S/C20H23ClN4O2/c1-12-3-8-15(9-17(12)21)25-19(13-4-5-13)16(10-22-25)20(27)24(2)11-18(26)23-14-6-7-14/h3,8-10,13-14H,4-7,11H2,1-2H3,(H,23,26). The second-order valence-corrected chi connectivity index (χ2v) is 7.97. The fraction of sp³-hybridized carbons (Fsp3) is 0.450. The molecule has 1 aromatic heterocycles. The van der Waals surface area contributed by atoms with Crippen molar-refractivity contribution < 1.29 is 9.59 Å². The van der Waals surface area contributed by atoms with Crippen LogP contribution in [-0.2, 0) is 4.79 Å². The summed E-state index contributed by atoms with van der Waals surface area (Å²) in [5, 5.41) is 8.06. The number of carbonyl (C=O) groups excluding carboxylic acids is 2. The van der Waals surface area contributed by atoms with Crippen molar-refractivity contribution in [3.63, 3.8) is 0 Å². The van der Waals surface area contributed by atoms with E-state index in [4.69, 9.17) is 11.6 Å². The molecule has 0 saturated heterocycles. The van der Waals surface area contributed by atoms with Gasteiger partial charge in [0.2, 0.25) is 5.91 Å². The largest absolute Gasteiger partial charge is 0.352 e. The zero-order valence-corrected chi connectivity index (χ0v) is 16.3. The van der Waals surface area contributed by atoms with Crippen LogP contribution in [0.5, 0.6) is 0 Å². The molecule has 27 heavy (non-hydrogen) atoms. The van der Waals surface area contributed by atoms with E-state index >= 15 is 0 Å². The van der Waals surface area contributed by atoms with Crippen molar-refractivity contribution >= 4 is 23.4 Å². The summed E-state index contributed by atoms with van der Waals surface area (Å²) in [6.45, 7) is 2.01. The van der Waals surface area contributed by atoms with Gasteiger partial charge in [-0.1, -0.05) is 17.7 Å². The summed E-state index contributed by atoms with van der Waals surface area (Å²) in [6, 6.07) is 6.07. The molecule has 2 aromatic rings. The second-order valence-electron chi connectivity index (χ2n) is 7.57. The Hall–Kier alpha value is -2.34. The highest BCUT2D eigenvalue weighted by molar-refractivity contribution is 6.31. The summed E-state index contributed by atoms with van der Waals surface area (Å²) in [7, 11) is 1.66. The molecule has 4 rings (SSSR count). The molecule has 0 radical (unpaired) electrons. The maximum Gasteiger partial charge on any atom is 0.257 e. The molecule has 2 aliphatic carbocycles. The van der Waals surface area contributed by atoms with Crippen LogP contribution in [0.2, 0.25) is 5.02 Å². The lowest BCUT2D eigenvalue weighted by Crippen LogP contribution is -2.39. The van der Waals surface area contributed by atoms with Crippen molar-refractivity contribution in [2.24, 2.45) is 0 Å². The van der Waals surface area contributed by atoms with E-state index in [1.54, 1.807) is 13.2 Å². The van der Waals surface area contributed by atoms with E-state index in [0.29, 0.717) is 16.5 Å². The van der Waals surface area contributed by atoms with Gasteiger partial charge in [-0.15, -0.1) is 0 Å². The summed E-state index contributed by atoms with van der Waals surface area (Å²) >= 11 is 6.27. The number of aromatic nitrogens is 2. The third-order valence-electron chi connectivity index (χ3n) is 5.07. The molecule has 7 heteroatoms. The van der Waals surface area contributed by atoms with E-state index in [1.165, 1.54) is 4.90 Å². The van der Waals surface area contributed by atoms with Gasteiger partial charge in [0, 0.05) is 24.0 Å². The Bertz CT molecular complexity index is 899. The molecule has 1 heterocycles. The van der Waals surface area contributed by atoms with Gasteiger partial charge in [0.05, 0.1) is 29.7 Å². The molecule has 0 unspecified atom stereocenters. The molecule has 2 saturated carbocycles. The highest BCUT2D eigenvalue weighted by Gasteiger charge is 2.34. The van der Waals surface area contributed by atoms with E-state index in [9.17, 15) is 9.59 Å². The summed E-state index contributed by atoms with van der Waals surface area (Å²) in [4.78, 5) is 26.5. The van der Waals surface area contributed by atoms with Crippen LogP contribution in [0, 0.1) is 6.92 Å². The first kappa shape index (κ1) is 18.0. The van der Waals surface area contributed by atoms with Crippen molar-refractivity contribution in [1.29, 1.82) is 0 Å². The van der Waals surface area contributed by atoms with Crippen LogP contribution >= 0.6 is 11.6 Å². The number of nitrogens with one attached hydrogen (secondary N) is 1. The lowest BCUT2D eigenvalue weighted by atomic mass is 10.1. The summed E-state index contributed by atoms with van der Waals surface area (Å²) in [6.07, 6.45) is 5.75. The van der Waals surface area contributed by atoms with Crippen LogP contribution in [0.25, 0.3) is 5.69 Å². The Morgan fingerprint density at radius 3 is 2.67 bits per heavy atom. The molecule has 0 aliphatic heterocycles. The number of benzene rings is 1. The number of likely N-dealkylation sites (N-methyl/N-ethyl adjacent to an activating group) is 1. The van der Waals surface area contributed by atoms with Gasteiger partial charge in [0.25, 0.3) is 5.91 Å². The minimum Gasteiger partial charge on any atom is -0.352 e. The van der Waals surface area contributed by atoms with E-state index < -0.39 is 0 Å². The predicted molar refractivity (Wildman–Crippen MR) is 103 cm³/mol. The fourth-order valence-electron chi connectivity index (χ4n) is 3.19. The van der Waals surface area contributed by atoms with Crippen LogP contribution in [0.15, 0.2) is 24.4 Å². The first-order valence-electron chi connectivity index (χ1n) is 9.33. The van der Waals surface area contributed by atoms with Crippen molar-refractivity contribution in [3.05, 3.63) is 46.2 Å². The Balaban J connectivity index is 1.59. The van der Waals surface area contributed by atoms with Gasteiger partial charge >= 0.3 is 0 Å². The minimum atomic E-state index is -0.174. The average molecular weight is 387 g/mol. The molecule has 142 valence electrons. The molecule has 1 N–H and O–H groups in total. The van der Waals surface area contributed by atoms with Gasteiger partial charge in [-0.3, -0.25) is 9.59 Å². The second kappa shape index (κ2) is 7.00. The number of rotatable bonds is 6. The maximum atomic E-state index is 13.0. The number of aryl methyl sites for hydroxylation is 1. The van der Waals surface area contributed by atoms with E-state index in [-0.39, 0.29) is 24.4 Å². The summed E-state index contributed by atoms with van der Waals surface area (Å²) in [5.41, 5.74) is 3.32. The normalized spacial score (nSPS) is 16.3. The van der Waals surface area contributed by atoms with Gasteiger partial charge in [0.15, 0.2) is 0 Å². The third kappa shape index (κ3) is 3.86. The highest BCUT2D eigenvalue weighted by atomic mass is 35.5. The molecule has 2 amide bonds. The number of carbonyl (C=O) groups is 2. The van der Waals surface area contributed by atoms with Crippen LogP contribution < -0.4 is 5.32 Å². The zero-order chi connectivity index (χ0) is 19.1. The lowest BCUT2D eigenvalue weighted by molar-refractivity contribution is -0.121. The molecule has 0 bridgehead atoms. The quantitative estimate of drug-likeness (QED) is 0.829. The summed E-state index contributed by atoms with van der Waals surface area (Å²) in [5.74, 6) is 0.0338. The predicted octanol–water partition coefficient (Wildman–Crippen LogP) is 3.06. The van der Waals surface area contributed by atoms with Crippen molar-refractivity contribution in [1.82, 2.24) is 20.0 Å².